The van der Waals surface area contributed by atoms with Crippen LogP contribution in [-0.2, 0) is 14.8 Å². The van der Waals surface area contributed by atoms with Gasteiger partial charge >= 0.3 is 0 Å². The Morgan fingerprint density at radius 3 is 2.65 bits per heavy atom. The van der Waals surface area contributed by atoms with Crippen LogP contribution in [-0.4, -0.2) is 25.9 Å². The second-order valence-corrected chi connectivity index (χ2v) is 8.18. The Morgan fingerprint density at radius 2 is 2.04 bits per heavy atom. The van der Waals surface area contributed by atoms with Crippen molar-refractivity contribution in [1.82, 2.24) is 10.3 Å². The van der Waals surface area contributed by atoms with Gasteiger partial charge in [-0.1, -0.05) is 18.2 Å². The van der Waals surface area contributed by atoms with E-state index in [0.717, 1.165) is 15.6 Å². The van der Waals surface area contributed by atoms with Gasteiger partial charge in [-0.05, 0) is 31.2 Å². The lowest BCUT2D eigenvalue weighted by atomic mass is 10.2. The molecule has 9 heteroatoms. The van der Waals surface area contributed by atoms with Gasteiger partial charge in [-0.15, -0.1) is 11.3 Å². The van der Waals surface area contributed by atoms with E-state index in [1.165, 1.54) is 24.6 Å². The third-order valence-corrected chi connectivity index (χ3v) is 6.26. The summed E-state index contributed by atoms with van der Waals surface area (Å²) in [5.74, 6) is 0.133. The maximum absolute atomic E-state index is 13.0. The number of amides is 1. The molecule has 1 unspecified atom stereocenters. The Bertz CT molecular complexity index is 939. The number of nitrogens with one attached hydrogen (secondary N) is 1. The summed E-state index contributed by atoms with van der Waals surface area (Å²) >= 11 is 1.15. The van der Waals surface area contributed by atoms with Crippen molar-refractivity contribution in [2.24, 2.45) is 0 Å². The number of carbonyl (C=O) groups is 1. The average Bonchev–Trinajstić information content (AvgIpc) is 3.34. The summed E-state index contributed by atoms with van der Waals surface area (Å²) < 4.78 is 32.2. The molecule has 2 heterocycles. The number of rotatable bonds is 7. The van der Waals surface area contributed by atoms with Gasteiger partial charge in [0.15, 0.2) is 5.13 Å². The second-order valence-electron chi connectivity index (χ2n) is 5.44. The van der Waals surface area contributed by atoms with Gasteiger partial charge in [0.1, 0.15) is 12.3 Å². The van der Waals surface area contributed by atoms with Gasteiger partial charge in [0.2, 0.25) is 5.91 Å². The molecule has 0 spiro atoms. The van der Waals surface area contributed by atoms with Crippen molar-refractivity contribution in [2.45, 2.75) is 17.9 Å². The average molecular weight is 391 g/mol. The van der Waals surface area contributed by atoms with Crippen LogP contribution in [0.15, 0.2) is 69.6 Å². The molecule has 3 aromatic rings. The molecule has 0 radical (unpaired) electrons. The molecule has 2 aromatic heterocycles. The zero-order valence-electron chi connectivity index (χ0n) is 13.9. The van der Waals surface area contributed by atoms with Gasteiger partial charge in [-0.2, -0.15) is 0 Å². The third-order valence-electron chi connectivity index (χ3n) is 3.60. The van der Waals surface area contributed by atoms with E-state index in [0.29, 0.717) is 5.76 Å². The van der Waals surface area contributed by atoms with Crippen LogP contribution in [0.4, 0.5) is 5.13 Å². The molecule has 1 atom stereocenters. The summed E-state index contributed by atoms with van der Waals surface area (Å²) in [5, 5.41) is 4.63. The first-order chi connectivity index (χ1) is 12.5. The zero-order valence-corrected chi connectivity index (χ0v) is 15.5. The molecular weight excluding hydrogens is 374 g/mol. The highest BCUT2D eigenvalue weighted by atomic mass is 32.2. The molecule has 26 heavy (non-hydrogen) atoms. The van der Waals surface area contributed by atoms with E-state index in [1.807, 2.05) is 0 Å². The van der Waals surface area contributed by atoms with E-state index in [2.05, 4.69) is 10.3 Å². The molecule has 0 aliphatic rings. The molecule has 0 bridgehead atoms. The summed E-state index contributed by atoms with van der Waals surface area (Å²) in [6.45, 7) is 1.38. The lowest BCUT2D eigenvalue weighted by molar-refractivity contribution is -0.120. The lowest BCUT2D eigenvalue weighted by Crippen LogP contribution is -2.41. The molecule has 136 valence electrons. The van der Waals surface area contributed by atoms with Crippen LogP contribution < -0.4 is 9.62 Å². The van der Waals surface area contributed by atoms with Gasteiger partial charge in [-0.3, -0.25) is 4.79 Å². The molecule has 0 saturated heterocycles. The number of aromatic nitrogens is 1. The zero-order chi connectivity index (χ0) is 18.6. The molecular formula is C17H17N3O4S2. The van der Waals surface area contributed by atoms with E-state index in [9.17, 15) is 13.2 Å². The first kappa shape index (κ1) is 18.2. The topological polar surface area (TPSA) is 92.5 Å². The highest BCUT2D eigenvalue weighted by molar-refractivity contribution is 7.93. The number of sulfonamides is 1. The number of benzene rings is 1. The monoisotopic (exact) mass is 391 g/mol. The van der Waals surface area contributed by atoms with Crippen LogP contribution in [0, 0.1) is 0 Å². The second kappa shape index (κ2) is 7.71. The Labute approximate surface area is 155 Å². The Morgan fingerprint density at radius 1 is 1.27 bits per heavy atom. The lowest BCUT2D eigenvalue weighted by Gasteiger charge is -2.22. The van der Waals surface area contributed by atoms with Crippen molar-refractivity contribution in [1.29, 1.82) is 0 Å². The highest BCUT2D eigenvalue weighted by Gasteiger charge is 2.29. The van der Waals surface area contributed by atoms with Crippen LogP contribution in [0.5, 0.6) is 0 Å². The number of furan rings is 1. The molecule has 1 N–H and O–H groups in total. The maximum Gasteiger partial charge on any atom is 0.266 e. The molecule has 1 aromatic carbocycles. The minimum absolute atomic E-state index is 0.0992. The van der Waals surface area contributed by atoms with E-state index < -0.39 is 15.9 Å². The number of hydrogen-bond donors (Lipinski definition) is 1. The summed E-state index contributed by atoms with van der Waals surface area (Å²) in [7, 11) is -3.91. The van der Waals surface area contributed by atoms with Crippen molar-refractivity contribution in [3.8, 4) is 0 Å². The first-order valence-electron chi connectivity index (χ1n) is 7.78. The molecule has 0 fully saturated rings. The molecule has 0 aliphatic heterocycles. The SMILES string of the molecule is CC(NC(=O)CN(c1nccs1)S(=O)(=O)c1ccccc1)c1ccco1. The van der Waals surface area contributed by atoms with E-state index in [4.69, 9.17) is 4.42 Å². The third kappa shape index (κ3) is 3.94. The minimum Gasteiger partial charge on any atom is -0.467 e. The van der Waals surface area contributed by atoms with Crippen LogP contribution in [0.1, 0.15) is 18.7 Å². The van der Waals surface area contributed by atoms with Crippen molar-refractivity contribution < 1.29 is 17.6 Å². The Balaban J connectivity index is 1.83. The van der Waals surface area contributed by atoms with E-state index >= 15 is 0 Å². The minimum atomic E-state index is -3.91. The summed E-state index contributed by atoms with van der Waals surface area (Å²) in [4.78, 5) is 16.6. The predicted octanol–water partition coefficient (Wildman–Crippen LogP) is 2.81. The van der Waals surface area contributed by atoms with E-state index in [1.54, 1.807) is 42.6 Å². The van der Waals surface area contributed by atoms with Gasteiger partial charge in [-0.25, -0.2) is 17.7 Å². The molecule has 7 nitrogen and oxygen atoms in total. The van der Waals surface area contributed by atoms with Gasteiger partial charge in [0.05, 0.1) is 17.2 Å². The van der Waals surface area contributed by atoms with E-state index in [-0.39, 0.29) is 22.6 Å². The van der Waals surface area contributed by atoms with Gasteiger partial charge in [0, 0.05) is 11.6 Å². The fourth-order valence-corrected chi connectivity index (χ4v) is 4.61. The Hall–Kier alpha value is -2.65. The normalized spacial score (nSPS) is 12.5. The Kier molecular flexibility index (Phi) is 5.38. The largest absolute Gasteiger partial charge is 0.467 e. The van der Waals surface area contributed by atoms with Gasteiger partial charge < -0.3 is 9.73 Å². The smallest absolute Gasteiger partial charge is 0.266 e. The highest BCUT2D eigenvalue weighted by Crippen LogP contribution is 2.25. The first-order valence-corrected chi connectivity index (χ1v) is 10.1. The number of thiazole rings is 1. The van der Waals surface area contributed by atoms with Crippen molar-refractivity contribution in [3.63, 3.8) is 0 Å². The molecule has 0 aliphatic carbocycles. The number of anilines is 1. The van der Waals surface area contributed by atoms with Crippen molar-refractivity contribution in [3.05, 3.63) is 66.1 Å². The quantitative estimate of drug-likeness (QED) is 0.669. The summed E-state index contributed by atoms with van der Waals surface area (Å²) in [5.41, 5.74) is 0. The molecule has 0 saturated carbocycles. The number of carbonyl (C=O) groups excluding carboxylic acids is 1. The number of nitrogens with zero attached hydrogens (tertiary/aromatic N) is 2. The summed E-state index contributed by atoms with van der Waals surface area (Å²) in [6, 6.07) is 11.0. The van der Waals surface area contributed by atoms with Gasteiger partial charge in [0.25, 0.3) is 10.0 Å². The molecule has 3 rings (SSSR count). The van der Waals surface area contributed by atoms with Crippen LogP contribution in [0.3, 0.4) is 0 Å². The van der Waals surface area contributed by atoms with Crippen molar-refractivity contribution >= 4 is 32.4 Å². The fraction of sp³-hybridized carbons (Fsp3) is 0.176. The van der Waals surface area contributed by atoms with Crippen LogP contribution >= 0.6 is 11.3 Å². The van der Waals surface area contributed by atoms with Crippen LogP contribution in [0.2, 0.25) is 0 Å². The fourth-order valence-electron chi connectivity index (χ4n) is 2.34. The van der Waals surface area contributed by atoms with Crippen molar-refractivity contribution in [2.75, 3.05) is 10.8 Å². The maximum atomic E-state index is 13.0. The van der Waals surface area contributed by atoms with Crippen LogP contribution in [0.25, 0.3) is 0 Å². The standard InChI is InChI=1S/C17H17N3O4S2/c1-13(15-8-5-10-24-15)19-16(21)12-20(17-18-9-11-25-17)26(22,23)14-6-3-2-4-7-14/h2-11,13H,12H2,1H3,(H,19,21). The predicted molar refractivity (Wildman–Crippen MR) is 98.4 cm³/mol. The number of hydrogen-bond acceptors (Lipinski definition) is 6. The molecule has 1 amide bonds. The summed E-state index contributed by atoms with van der Waals surface area (Å²) in [6.07, 6.45) is 3.01.